The Labute approximate surface area is 167 Å². The van der Waals surface area contributed by atoms with Crippen molar-refractivity contribution in [1.29, 1.82) is 0 Å². The Hall–Kier alpha value is -1.49. The van der Waals surface area contributed by atoms with E-state index in [1.54, 1.807) is 11.8 Å². The van der Waals surface area contributed by atoms with Gasteiger partial charge in [0.1, 0.15) is 18.5 Å². The average molecular weight is 386 g/mol. The van der Waals surface area contributed by atoms with Crippen LogP contribution in [0, 0.1) is 5.92 Å². The van der Waals surface area contributed by atoms with Crippen molar-refractivity contribution in [3.05, 3.63) is 59.7 Å². The van der Waals surface area contributed by atoms with Gasteiger partial charge in [-0.25, -0.2) is 0 Å². The predicted molar refractivity (Wildman–Crippen MR) is 114 cm³/mol. The molecular formula is C23H31NO2S. The molecule has 2 N–H and O–H groups in total. The molecule has 0 saturated heterocycles. The predicted octanol–water partition coefficient (Wildman–Crippen LogP) is 4.32. The number of fused-ring (bicyclic) bond motifs is 1. The molecule has 0 radical (unpaired) electrons. The number of hydrogen-bond acceptors (Lipinski definition) is 4. The molecular weight excluding hydrogens is 354 g/mol. The van der Waals surface area contributed by atoms with Crippen LogP contribution >= 0.6 is 11.8 Å². The van der Waals surface area contributed by atoms with Crippen LogP contribution in [-0.2, 0) is 12.8 Å². The zero-order valence-corrected chi connectivity index (χ0v) is 17.4. The zero-order chi connectivity index (χ0) is 19.3. The Morgan fingerprint density at radius 3 is 2.41 bits per heavy atom. The third-order valence-electron chi connectivity index (χ3n) is 5.25. The number of nitrogens with one attached hydrogen (secondary N) is 1. The van der Waals surface area contributed by atoms with Crippen molar-refractivity contribution in [3.8, 4) is 5.75 Å². The molecule has 2 aromatic carbocycles. The number of para-hydroxylation sites is 1. The van der Waals surface area contributed by atoms with Crippen molar-refractivity contribution in [2.75, 3.05) is 19.4 Å². The largest absolute Gasteiger partial charge is 0.490 e. The zero-order valence-electron chi connectivity index (χ0n) is 16.6. The maximum absolute atomic E-state index is 10.3. The van der Waals surface area contributed by atoms with Gasteiger partial charge in [0.2, 0.25) is 0 Å². The summed E-state index contributed by atoms with van der Waals surface area (Å²) >= 11 is 1.65. The molecule has 4 heteroatoms. The Kier molecular flexibility index (Phi) is 6.85. The normalized spacial score (nSPS) is 15.6. The quantitative estimate of drug-likeness (QED) is 0.631. The molecule has 0 aromatic heterocycles. The summed E-state index contributed by atoms with van der Waals surface area (Å²) in [4.78, 5) is 1.10. The highest BCUT2D eigenvalue weighted by Gasteiger charge is 2.28. The van der Waals surface area contributed by atoms with E-state index in [4.69, 9.17) is 4.74 Å². The van der Waals surface area contributed by atoms with Gasteiger partial charge < -0.3 is 15.2 Å². The van der Waals surface area contributed by atoms with E-state index in [-0.39, 0.29) is 5.54 Å². The van der Waals surface area contributed by atoms with Gasteiger partial charge in [-0.1, -0.05) is 36.4 Å². The third kappa shape index (κ3) is 5.74. The third-order valence-corrected chi connectivity index (χ3v) is 6.03. The summed E-state index contributed by atoms with van der Waals surface area (Å²) < 4.78 is 5.82. The van der Waals surface area contributed by atoms with E-state index < -0.39 is 6.10 Å². The lowest BCUT2D eigenvalue weighted by Crippen LogP contribution is -2.46. The van der Waals surface area contributed by atoms with Gasteiger partial charge in [-0.15, -0.1) is 11.8 Å². The summed E-state index contributed by atoms with van der Waals surface area (Å²) in [5.41, 5.74) is 2.99. The second-order valence-corrected chi connectivity index (χ2v) is 8.98. The minimum absolute atomic E-state index is 0.00906. The van der Waals surface area contributed by atoms with Crippen LogP contribution in [-0.4, -0.2) is 36.2 Å². The summed E-state index contributed by atoms with van der Waals surface area (Å²) in [6.07, 6.45) is 4.94. The number of thioether (sulfide) groups is 1. The molecule has 0 amide bonds. The number of rotatable bonds is 9. The first-order valence-corrected chi connectivity index (χ1v) is 10.9. The molecule has 0 bridgehead atoms. The number of β-amino-alcohol motifs (C(OH)–C–C–N with tert-alkyl or cyclic N) is 1. The highest BCUT2D eigenvalue weighted by molar-refractivity contribution is 7.98. The monoisotopic (exact) mass is 385 g/mol. The highest BCUT2D eigenvalue weighted by Crippen LogP contribution is 2.32. The van der Waals surface area contributed by atoms with Crippen LogP contribution in [0.3, 0.4) is 0 Å². The first kappa shape index (κ1) is 20.2. The van der Waals surface area contributed by atoms with E-state index in [1.165, 1.54) is 24.0 Å². The van der Waals surface area contributed by atoms with Crippen molar-refractivity contribution in [2.45, 2.75) is 49.6 Å². The summed E-state index contributed by atoms with van der Waals surface area (Å²) in [7, 11) is 0. The van der Waals surface area contributed by atoms with Gasteiger partial charge in [0.25, 0.3) is 0 Å². The van der Waals surface area contributed by atoms with Gasteiger partial charge in [0.05, 0.1) is 0 Å². The lowest BCUT2D eigenvalue weighted by Gasteiger charge is -2.30. The van der Waals surface area contributed by atoms with E-state index in [0.717, 1.165) is 17.1 Å². The van der Waals surface area contributed by atoms with Crippen LogP contribution < -0.4 is 10.1 Å². The fraction of sp³-hybridized carbons (Fsp3) is 0.478. The SMILES string of the molecule is CSc1ccccc1OC[C@H](O)CNC(C)(C)CC1Cc2ccccc2C1. The van der Waals surface area contributed by atoms with Crippen LogP contribution in [0.15, 0.2) is 53.4 Å². The van der Waals surface area contributed by atoms with Gasteiger partial charge in [-0.3, -0.25) is 0 Å². The lowest BCUT2D eigenvalue weighted by molar-refractivity contribution is 0.0953. The first-order chi connectivity index (χ1) is 13.0. The number of ether oxygens (including phenoxy) is 1. The fourth-order valence-electron chi connectivity index (χ4n) is 3.97. The highest BCUT2D eigenvalue weighted by atomic mass is 32.2. The standard InChI is InChI=1S/C23H31NO2S/c1-23(2,14-17-12-18-8-4-5-9-19(18)13-17)24-15-20(25)16-26-21-10-6-7-11-22(21)27-3/h4-11,17,20,24-25H,12-16H2,1-3H3/t20-/m1/s1. The molecule has 2 aromatic rings. The Morgan fingerprint density at radius 1 is 1.11 bits per heavy atom. The Morgan fingerprint density at radius 2 is 1.74 bits per heavy atom. The molecule has 146 valence electrons. The van der Waals surface area contributed by atoms with Gasteiger partial charge in [0.15, 0.2) is 0 Å². The summed E-state index contributed by atoms with van der Waals surface area (Å²) in [6.45, 7) is 5.29. The van der Waals surface area contributed by atoms with E-state index in [0.29, 0.717) is 19.1 Å². The molecule has 0 aliphatic heterocycles. The minimum Gasteiger partial charge on any atom is -0.490 e. The number of hydrogen-bond donors (Lipinski definition) is 2. The van der Waals surface area contributed by atoms with Crippen molar-refractivity contribution in [1.82, 2.24) is 5.32 Å². The van der Waals surface area contributed by atoms with Crippen molar-refractivity contribution < 1.29 is 9.84 Å². The number of aliphatic hydroxyl groups excluding tert-OH is 1. The summed E-state index contributed by atoms with van der Waals surface area (Å²) in [5, 5.41) is 13.9. The number of aliphatic hydroxyl groups is 1. The number of benzene rings is 2. The smallest absolute Gasteiger partial charge is 0.132 e. The van der Waals surface area contributed by atoms with E-state index in [9.17, 15) is 5.11 Å². The lowest BCUT2D eigenvalue weighted by atomic mass is 9.88. The molecule has 3 nitrogen and oxygen atoms in total. The second-order valence-electron chi connectivity index (χ2n) is 8.13. The molecule has 0 unspecified atom stereocenters. The van der Waals surface area contributed by atoms with E-state index in [1.807, 2.05) is 30.5 Å². The molecule has 0 spiro atoms. The Bertz CT molecular complexity index is 722. The average Bonchev–Trinajstić information content (AvgIpc) is 3.06. The molecule has 3 rings (SSSR count). The maximum atomic E-state index is 10.3. The van der Waals surface area contributed by atoms with Crippen LogP contribution in [0.25, 0.3) is 0 Å². The first-order valence-electron chi connectivity index (χ1n) is 9.72. The van der Waals surface area contributed by atoms with Crippen molar-refractivity contribution in [2.24, 2.45) is 5.92 Å². The van der Waals surface area contributed by atoms with Crippen LogP contribution in [0.4, 0.5) is 0 Å². The second kappa shape index (κ2) is 9.13. The molecule has 27 heavy (non-hydrogen) atoms. The molecule has 0 fully saturated rings. The molecule has 1 aliphatic carbocycles. The Balaban J connectivity index is 1.43. The van der Waals surface area contributed by atoms with Gasteiger partial charge in [-0.05, 0) is 68.5 Å². The summed E-state index contributed by atoms with van der Waals surface area (Å²) in [6, 6.07) is 16.7. The van der Waals surface area contributed by atoms with Crippen LogP contribution in [0.1, 0.15) is 31.4 Å². The van der Waals surface area contributed by atoms with E-state index in [2.05, 4.69) is 43.4 Å². The van der Waals surface area contributed by atoms with Crippen LogP contribution in [0.2, 0.25) is 0 Å². The maximum Gasteiger partial charge on any atom is 0.132 e. The fourth-order valence-corrected chi connectivity index (χ4v) is 4.51. The van der Waals surface area contributed by atoms with Gasteiger partial charge in [0, 0.05) is 17.0 Å². The van der Waals surface area contributed by atoms with Crippen LogP contribution in [0.5, 0.6) is 5.75 Å². The molecule has 1 aliphatic rings. The topological polar surface area (TPSA) is 41.5 Å². The van der Waals surface area contributed by atoms with E-state index >= 15 is 0 Å². The summed E-state index contributed by atoms with van der Waals surface area (Å²) in [5.74, 6) is 1.51. The van der Waals surface area contributed by atoms with Gasteiger partial charge >= 0.3 is 0 Å². The molecule has 1 atom stereocenters. The molecule has 0 heterocycles. The van der Waals surface area contributed by atoms with Crippen molar-refractivity contribution in [3.63, 3.8) is 0 Å². The van der Waals surface area contributed by atoms with Crippen molar-refractivity contribution >= 4 is 11.8 Å². The van der Waals surface area contributed by atoms with Gasteiger partial charge in [-0.2, -0.15) is 0 Å². The molecule has 0 saturated carbocycles. The minimum atomic E-state index is -0.528.